The summed E-state index contributed by atoms with van der Waals surface area (Å²) in [7, 11) is 0. The van der Waals surface area contributed by atoms with Gasteiger partial charge in [-0.15, -0.1) is 0 Å². The van der Waals surface area contributed by atoms with Gasteiger partial charge >= 0.3 is 6.09 Å². The first-order valence-electron chi connectivity index (χ1n) is 8.95. The van der Waals surface area contributed by atoms with E-state index >= 15 is 0 Å². The molecule has 148 valence electrons. The summed E-state index contributed by atoms with van der Waals surface area (Å²) in [6.45, 7) is 5.99. The van der Waals surface area contributed by atoms with Crippen molar-refractivity contribution in [1.82, 2.24) is 4.90 Å². The maximum absolute atomic E-state index is 12.0. The minimum atomic E-state index is -1.27. The van der Waals surface area contributed by atoms with E-state index in [1.165, 1.54) is 4.90 Å². The molecular weight excluding hydrogens is 396 g/mol. The molecule has 1 aliphatic rings. The van der Waals surface area contributed by atoms with Crippen LogP contribution in [0.5, 0.6) is 0 Å². The zero-order valence-corrected chi connectivity index (χ0v) is 17.6. The lowest BCUT2D eigenvalue weighted by Crippen LogP contribution is -2.25. The Hall–Kier alpha value is -2.02. The van der Waals surface area contributed by atoms with E-state index in [4.69, 9.17) is 11.6 Å². The lowest BCUT2D eigenvalue weighted by atomic mass is 10.00. The smallest absolute Gasteiger partial charge is 0.409 e. The Morgan fingerprint density at radius 2 is 1.93 bits per heavy atom. The van der Waals surface area contributed by atoms with Crippen LogP contribution in [0.25, 0.3) is 0 Å². The first-order valence-corrected chi connectivity index (χ1v) is 10.5. The number of alkyl halides is 1. The highest BCUT2D eigenvalue weighted by Gasteiger charge is 2.32. The van der Waals surface area contributed by atoms with Gasteiger partial charge in [0.2, 0.25) is 0 Å². The van der Waals surface area contributed by atoms with Crippen LogP contribution < -0.4 is 0 Å². The largest absolute Gasteiger partial charge is 0.591 e. The third kappa shape index (κ3) is 4.69. The van der Waals surface area contributed by atoms with Crippen molar-refractivity contribution in [3.63, 3.8) is 0 Å². The van der Waals surface area contributed by atoms with Gasteiger partial charge in [0.15, 0.2) is 0 Å². The second-order valence-electron chi connectivity index (χ2n) is 7.79. The highest BCUT2D eigenvalue weighted by Crippen LogP contribution is 2.37. The summed E-state index contributed by atoms with van der Waals surface area (Å²) < 4.78 is 15.7. The second-order valence-corrected chi connectivity index (χ2v) is 10.1. The van der Waals surface area contributed by atoms with Crippen LogP contribution in [-0.4, -0.2) is 31.6 Å². The van der Waals surface area contributed by atoms with Crippen LogP contribution >= 0.6 is 11.6 Å². The van der Waals surface area contributed by atoms with Gasteiger partial charge in [-0.05, 0) is 55.0 Å². The van der Waals surface area contributed by atoms with Crippen molar-refractivity contribution in [3.05, 3.63) is 70.3 Å². The molecule has 1 heterocycles. The lowest BCUT2D eigenvalue weighted by Gasteiger charge is -2.17. The van der Waals surface area contributed by atoms with Gasteiger partial charge in [-0.2, -0.15) is 0 Å². The average molecular weight is 419 g/mol. The van der Waals surface area contributed by atoms with E-state index in [0.29, 0.717) is 6.54 Å². The van der Waals surface area contributed by atoms with Crippen LogP contribution in [0.3, 0.4) is 0 Å². The fraction of sp³-hybridized carbons (Fsp3) is 0.333. The monoisotopic (exact) mass is 418 g/mol. The molecule has 0 radical (unpaired) electrons. The van der Waals surface area contributed by atoms with E-state index in [2.05, 4.69) is 4.40 Å². The molecule has 0 aromatic heterocycles. The summed E-state index contributed by atoms with van der Waals surface area (Å²) in [6, 6.07) is 13.9. The number of carboxylic acid groups (broad SMARTS) is 1. The Labute approximate surface area is 173 Å². The molecule has 2 aromatic rings. The van der Waals surface area contributed by atoms with E-state index in [9.17, 15) is 14.5 Å². The molecule has 0 saturated heterocycles. The molecule has 0 fully saturated rings. The van der Waals surface area contributed by atoms with E-state index in [0.717, 1.165) is 34.2 Å². The van der Waals surface area contributed by atoms with Gasteiger partial charge < -0.3 is 9.66 Å². The predicted octanol–water partition coefficient (Wildman–Crippen LogP) is 4.89. The highest BCUT2D eigenvalue weighted by atomic mass is 35.5. The molecule has 28 heavy (non-hydrogen) atoms. The standard InChI is InChI=1S/C21H23ClN2O3S/c1-21(2,3)28(27)23-12-15-6-4-14(5-7-15)10-16-8-9-17-13-24(20(25)26)19(22)18(17)11-16/h4-9,11-12,19H,10,13H2,1-3H3,(H,25,26). The quantitative estimate of drug-likeness (QED) is 0.332. The fourth-order valence-corrected chi connectivity index (χ4v) is 3.83. The van der Waals surface area contributed by atoms with Gasteiger partial charge in [-0.25, -0.2) is 4.79 Å². The number of hydrogen-bond acceptors (Lipinski definition) is 3. The molecule has 2 atom stereocenters. The minimum absolute atomic E-state index is 0.323. The summed E-state index contributed by atoms with van der Waals surface area (Å²) in [5.41, 5.74) is 4.25. The van der Waals surface area contributed by atoms with Crippen LogP contribution in [0, 0.1) is 0 Å². The van der Waals surface area contributed by atoms with E-state index < -0.39 is 23.0 Å². The summed E-state index contributed by atoms with van der Waals surface area (Å²) in [6.07, 6.45) is 1.34. The number of fused-ring (bicyclic) bond motifs is 1. The van der Waals surface area contributed by atoms with E-state index in [-0.39, 0.29) is 4.75 Å². The van der Waals surface area contributed by atoms with Crippen molar-refractivity contribution in [3.8, 4) is 0 Å². The molecule has 1 aliphatic heterocycles. The third-order valence-corrected chi connectivity index (χ3v) is 6.35. The average Bonchev–Trinajstić information content (AvgIpc) is 2.97. The van der Waals surface area contributed by atoms with Crippen molar-refractivity contribution in [2.45, 2.75) is 44.0 Å². The number of rotatable bonds is 4. The second kappa shape index (κ2) is 8.15. The van der Waals surface area contributed by atoms with Crippen molar-refractivity contribution in [1.29, 1.82) is 0 Å². The van der Waals surface area contributed by atoms with Crippen LogP contribution in [0.1, 0.15) is 54.1 Å². The maximum atomic E-state index is 12.0. The molecule has 2 unspecified atom stereocenters. The molecule has 3 rings (SSSR count). The first-order chi connectivity index (χ1) is 13.1. The molecule has 0 aliphatic carbocycles. The Bertz CT molecular complexity index is 894. The molecule has 0 spiro atoms. The van der Waals surface area contributed by atoms with Gasteiger partial charge in [-0.1, -0.05) is 58.5 Å². The molecular formula is C21H23ClN2O3S. The van der Waals surface area contributed by atoms with E-state index in [1.54, 1.807) is 6.21 Å². The predicted molar refractivity (Wildman–Crippen MR) is 113 cm³/mol. The SMILES string of the molecule is CC(C)(C)[S+]([O-])N=Cc1ccc(Cc2ccc3c(c2)C(Cl)N(C(=O)O)C3)cc1. The topological polar surface area (TPSA) is 76.0 Å². The Kier molecular flexibility index (Phi) is 6.03. The van der Waals surface area contributed by atoms with Gasteiger partial charge in [0.05, 0.1) is 12.8 Å². The van der Waals surface area contributed by atoms with Crippen molar-refractivity contribution in [2.24, 2.45) is 4.40 Å². The first kappa shape index (κ1) is 20.7. The Morgan fingerprint density at radius 3 is 2.54 bits per heavy atom. The highest BCUT2D eigenvalue weighted by molar-refractivity contribution is 7.91. The molecule has 0 bridgehead atoms. The number of amides is 1. The number of carbonyl (C=O) groups is 1. The molecule has 0 saturated carbocycles. The molecule has 1 N–H and O–H groups in total. The summed E-state index contributed by atoms with van der Waals surface area (Å²) in [5, 5.41) is 9.22. The van der Waals surface area contributed by atoms with Crippen LogP contribution in [0.4, 0.5) is 4.79 Å². The number of hydrogen-bond donors (Lipinski definition) is 1. The normalized spacial score (nSPS) is 17.8. The number of benzene rings is 2. The van der Waals surface area contributed by atoms with Gasteiger partial charge in [0.1, 0.15) is 21.6 Å². The fourth-order valence-electron chi connectivity index (χ4n) is 2.94. The number of nitrogens with zero attached hydrogens (tertiary/aromatic N) is 2. The van der Waals surface area contributed by atoms with Crippen molar-refractivity contribution in [2.75, 3.05) is 0 Å². The molecule has 7 heteroatoms. The third-order valence-electron chi connectivity index (χ3n) is 4.54. The Morgan fingerprint density at radius 1 is 1.29 bits per heavy atom. The van der Waals surface area contributed by atoms with Gasteiger partial charge in [0, 0.05) is 0 Å². The van der Waals surface area contributed by atoms with E-state index in [1.807, 2.05) is 63.2 Å². The van der Waals surface area contributed by atoms with Gasteiger partial charge in [-0.3, -0.25) is 4.90 Å². The molecule has 5 nitrogen and oxygen atoms in total. The van der Waals surface area contributed by atoms with Crippen LogP contribution in [-0.2, 0) is 24.3 Å². The summed E-state index contributed by atoms with van der Waals surface area (Å²) >= 11 is 5.02. The van der Waals surface area contributed by atoms with Crippen molar-refractivity contribution < 1.29 is 14.5 Å². The summed E-state index contributed by atoms with van der Waals surface area (Å²) in [4.78, 5) is 12.5. The Balaban J connectivity index is 1.69. The van der Waals surface area contributed by atoms with Gasteiger partial charge in [0.25, 0.3) is 0 Å². The minimum Gasteiger partial charge on any atom is -0.591 e. The number of halogens is 1. The van der Waals surface area contributed by atoms with Crippen LogP contribution in [0.2, 0.25) is 0 Å². The zero-order chi connectivity index (χ0) is 20.5. The molecule has 1 amide bonds. The maximum Gasteiger partial charge on any atom is 0.409 e. The van der Waals surface area contributed by atoms with Crippen LogP contribution in [0.15, 0.2) is 46.9 Å². The van der Waals surface area contributed by atoms with Crippen molar-refractivity contribution >= 4 is 35.3 Å². The lowest BCUT2D eigenvalue weighted by molar-refractivity contribution is 0.142. The molecule has 2 aromatic carbocycles. The summed E-state index contributed by atoms with van der Waals surface area (Å²) in [5.74, 6) is 0. The zero-order valence-electron chi connectivity index (χ0n) is 16.1.